The van der Waals surface area contributed by atoms with E-state index in [0.717, 1.165) is 37.0 Å². The fourth-order valence-electron chi connectivity index (χ4n) is 6.24. The van der Waals surface area contributed by atoms with Gasteiger partial charge < -0.3 is 15.0 Å². The predicted molar refractivity (Wildman–Crippen MR) is 139 cm³/mol. The van der Waals surface area contributed by atoms with Gasteiger partial charge in [-0.15, -0.1) is 0 Å². The number of rotatable bonds is 6. The van der Waals surface area contributed by atoms with E-state index in [1.807, 2.05) is 42.4 Å². The van der Waals surface area contributed by atoms with E-state index in [4.69, 9.17) is 4.74 Å². The van der Waals surface area contributed by atoms with Gasteiger partial charge in [0.05, 0.1) is 0 Å². The molecule has 0 saturated heterocycles. The largest absolute Gasteiger partial charge is 0.482 e. The van der Waals surface area contributed by atoms with Crippen LogP contribution in [0.25, 0.3) is 0 Å². The summed E-state index contributed by atoms with van der Waals surface area (Å²) in [5, 5.41) is 4.49. The number of amides is 2. The molecule has 1 aliphatic heterocycles. The molecule has 202 valence electrons. The molecule has 39 heavy (non-hydrogen) atoms. The maximum absolute atomic E-state index is 14.1. The monoisotopic (exact) mass is 534 g/mol. The molecule has 10 heteroatoms. The Morgan fingerprint density at radius 2 is 1.90 bits per heavy atom. The molecule has 3 aliphatic rings. The Balaban J connectivity index is 1.40. The summed E-state index contributed by atoms with van der Waals surface area (Å²) in [6.07, 6.45) is 4.16. The molecule has 2 heterocycles. The first kappa shape index (κ1) is 25.1. The number of nitrogens with one attached hydrogen (secondary N) is 1. The molecule has 2 amide bonds. The summed E-state index contributed by atoms with van der Waals surface area (Å²) in [5.74, 6) is -2.01. The smallest absolute Gasteiger partial charge is 0.278 e. The highest BCUT2D eigenvalue weighted by Gasteiger charge is 2.65. The number of hydrogen-bond acceptors (Lipinski definition) is 5. The molecule has 2 saturated carbocycles. The highest BCUT2D eigenvalue weighted by Crippen LogP contribution is 2.61. The van der Waals surface area contributed by atoms with E-state index in [0.29, 0.717) is 11.8 Å². The minimum atomic E-state index is -0.806. The van der Waals surface area contributed by atoms with Crippen LogP contribution in [0, 0.1) is 23.5 Å². The van der Waals surface area contributed by atoms with E-state index in [2.05, 4.69) is 5.32 Å². The van der Waals surface area contributed by atoms with Crippen molar-refractivity contribution in [3.63, 3.8) is 0 Å². The molecule has 1 spiro atoms. The van der Waals surface area contributed by atoms with Gasteiger partial charge in [0.1, 0.15) is 29.5 Å². The topological polar surface area (TPSA) is 83.9 Å². The molecule has 1 aromatic heterocycles. The first-order valence-corrected chi connectivity index (χ1v) is 12.9. The molecular weight excluding hydrogens is 506 g/mol. The van der Waals surface area contributed by atoms with Crippen LogP contribution in [0.4, 0.5) is 8.78 Å². The zero-order chi connectivity index (χ0) is 27.5. The molecule has 0 radical (unpaired) electrons. The van der Waals surface area contributed by atoms with Gasteiger partial charge >= 0.3 is 0 Å². The number of carbonyl (C=O) groups excluding carboxylic acids is 2. The summed E-state index contributed by atoms with van der Waals surface area (Å²) in [5.41, 5.74) is -0.634. The zero-order valence-electron chi connectivity index (χ0n) is 21.6. The number of fused-ring (bicyclic) bond motifs is 3. The van der Waals surface area contributed by atoms with Crippen molar-refractivity contribution >= 4 is 11.8 Å². The van der Waals surface area contributed by atoms with Crippen LogP contribution in [-0.2, 0) is 13.2 Å². The van der Waals surface area contributed by atoms with Gasteiger partial charge in [-0.2, -0.15) is 0 Å². The van der Waals surface area contributed by atoms with Gasteiger partial charge in [-0.25, -0.2) is 8.78 Å². The Morgan fingerprint density at radius 1 is 1.13 bits per heavy atom. The average molecular weight is 535 g/mol. The van der Waals surface area contributed by atoms with E-state index in [1.54, 1.807) is 16.6 Å². The van der Waals surface area contributed by atoms with E-state index < -0.39 is 28.6 Å². The number of halogens is 2. The number of benzene rings is 2. The second kappa shape index (κ2) is 9.21. The van der Waals surface area contributed by atoms with Crippen LogP contribution in [0.2, 0.25) is 0 Å². The van der Waals surface area contributed by atoms with Crippen molar-refractivity contribution in [2.75, 3.05) is 19.1 Å². The average Bonchev–Trinajstić information content (AvgIpc) is 3.62. The van der Waals surface area contributed by atoms with Gasteiger partial charge in [0.25, 0.3) is 11.8 Å². The zero-order valence-corrected chi connectivity index (χ0v) is 21.6. The number of pyridine rings is 1. The lowest BCUT2D eigenvalue weighted by Crippen LogP contribution is -2.68. The van der Waals surface area contributed by atoms with Crippen molar-refractivity contribution in [3.05, 3.63) is 99.0 Å². The normalized spacial score (nSPS) is 23.0. The van der Waals surface area contributed by atoms with Crippen LogP contribution in [0.1, 0.15) is 51.2 Å². The third-order valence-electron chi connectivity index (χ3n) is 8.44. The maximum Gasteiger partial charge on any atom is 0.278 e. The summed E-state index contributed by atoms with van der Waals surface area (Å²) in [7, 11) is 3.61. The lowest BCUT2D eigenvalue weighted by atomic mass is 9.98. The van der Waals surface area contributed by atoms with Crippen molar-refractivity contribution in [2.45, 2.75) is 38.1 Å². The second-order valence-corrected chi connectivity index (χ2v) is 10.5. The van der Waals surface area contributed by atoms with Crippen LogP contribution >= 0.6 is 0 Å². The molecule has 1 N–H and O–H groups in total. The lowest BCUT2D eigenvalue weighted by molar-refractivity contribution is 0.0325. The summed E-state index contributed by atoms with van der Waals surface area (Å²) >= 11 is 0. The van der Waals surface area contributed by atoms with E-state index >= 15 is 0 Å². The number of carbonyl (C=O) groups is 2. The minimum absolute atomic E-state index is 0.0193. The number of hydrogen-bond donors (Lipinski definition) is 1. The van der Waals surface area contributed by atoms with Gasteiger partial charge in [-0.3, -0.25) is 24.1 Å². The van der Waals surface area contributed by atoms with Gasteiger partial charge in [-0.1, -0.05) is 36.4 Å². The highest BCUT2D eigenvalue weighted by atomic mass is 19.1. The van der Waals surface area contributed by atoms with Gasteiger partial charge in [-0.05, 0) is 36.8 Å². The number of ether oxygens (including phenoxy) is 1. The molecular formula is C29H28F2N4O4. The van der Waals surface area contributed by atoms with E-state index in [9.17, 15) is 23.2 Å². The van der Waals surface area contributed by atoms with Gasteiger partial charge in [0, 0.05) is 44.4 Å². The molecule has 8 nitrogen and oxygen atoms in total. The molecule has 0 bridgehead atoms. The minimum Gasteiger partial charge on any atom is -0.482 e. The quantitative estimate of drug-likeness (QED) is 0.524. The Kier molecular flexibility index (Phi) is 5.93. The Morgan fingerprint density at radius 3 is 2.56 bits per heavy atom. The Hall–Kier alpha value is -4.21. The molecule has 2 aliphatic carbocycles. The fourth-order valence-corrected chi connectivity index (χ4v) is 6.24. The molecule has 3 atom stereocenters. The van der Waals surface area contributed by atoms with Crippen molar-refractivity contribution in [3.8, 4) is 5.75 Å². The van der Waals surface area contributed by atoms with Crippen molar-refractivity contribution in [1.82, 2.24) is 14.9 Å². The molecule has 2 aromatic carbocycles. The summed E-state index contributed by atoms with van der Waals surface area (Å²) in [6.45, 7) is -0.233. The van der Waals surface area contributed by atoms with Crippen LogP contribution < -0.4 is 20.5 Å². The second-order valence-electron chi connectivity index (χ2n) is 10.5. The van der Waals surface area contributed by atoms with Gasteiger partial charge in [0.2, 0.25) is 5.43 Å². The van der Waals surface area contributed by atoms with Crippen LogP contribution in [0.5, 0.6) is 5.75 Å². The number of aromatic nitrogens is 1. The number of nitrogens with zero attached hydrogens (tertiary/aromatic N) is 3. The fraction of sp³-hybridized carbons (Fsp3) is 0.345. The van der Waals surface area contributed by atoms with E-state index in [1.165, 1.54) is 12.3 Å². The lowest BCUT2D eigenvalue weighted by Gasteiger charge is -2.52. The van der Waals surface area contributed by atoms with Crippen LogP contribution in [0.3, 0.4) is 0 Å². The van der Waals surface area contributed by atoms with Crippen molar-refractivity contribution < 1.29 is 23.1 Å². The summed E-state index contributed by atoms with van der Waals surface area (Å²) in [4.78, 5) is 42.5. The molecule has 3 unspecified atom stereocenters. The van der Waals surface area contributed by atoms with E-state index in [-0.39, 0.29) is 41.6 Å². The van der Waals surface area contributed by atoms with Crippen LogP contribution in [-0.4, -0.2) is 41.1 Å². The highest BCUT2D eigenvalue weighted by molar-refractivity contribution is 6.00. The first-order chi connectivity index (χ1) is 18.7. The third kappa shape index (κ3) is 3.97. The molecule has 2 fully saturated rings. The van der Waals surface area contributed by atoms with Crippen LogP contribution in [0.15, 0.2) is 59.5 Å². The van der Waals surface area contributed by atoms with Crippen molar-refractivity contribution in [1.29, 1.82) is 0 Å². The first-order valence-electron chi connectivity index (χ1n) is 12.9. The SMILES string of the molecule is CN1C(=O)c2c(OCc3ccccc3)c(=O)c(C(=O)NCc3ccc(F)cc3F)cn2N(C)C12CCC1CC12. The Bertz CT molecular complexity index is 1540. The standard InChI is InChI=1S/C29H28F2N4O4/c1-33-28(38)24-26(39-16-17-6-4-3-5-7-17)25(36)21(27(37)32-14-19-8-9-20(30)13-23(19)31)15-35(24)34(2)29(33)11-10-18-12-22(18)29/h3-9,13,15,18,22H,10-12,14,16H2,1-2H3,(H,32,37). The summed E-state index contributed by atoms with van der Waals surface area (Å²) in [6, 6.07) is 12.2. The van der Waals surface area contributed by atoms with Crippen molar-refractivity contribution in [2.24, 2.45) is 11.8 Å². The maximum atomic E-state index is 14.1. The summed E-state index contributed by atoms with van der Waals surface area (Å²) < 4.78 is 35.0. The Labute approximate surface area is 223 Å². The van der Waals surface area contributed by atoms with Gasteiger partial charge in [0.15, 0.2) is 11.4 Å². The third-order valence-corrected chi connectivity index (χ3v) is 8.44. The molecule has 6 rings (SSSR count). The molecule has 3 aromatic rings. The predicted octanol–water partition coefficient (Wildman–Crippen LogP) is 3.42.